The van der Waals surface area contributed by atoms with Crippen molar-refractivity contribution in [1.29, 1.82) is 0 Å². The molecule has 3 heteroatoms. The van der Waals surface area contributed by atoms with Crippen LogP contribution in [0, 0.1) is 11.5 Å². The predicted molar refractivity (Wildman–Crippen MR) is 78.5 cm³/mol. The predicted octanol–water partition coefficient (Wildman–Crippen LogP) is 3.42. The van der Waals surface area contributed by atoms with E-state index in [9.17, 15) is 4.79 Å². The van der Waals surface area contributed by atoms with E-state index < -0.39 is 8.07 Å². The number of hydrogen-bond donors (Lipinski definition) is 0. The first-order chi connectivity index (χ1) is 8.13. The van der Waals surface area contributed by atoms with E-state index in [2.05, 4.69) is 56.9 Å². The number of aldehydes is 1. The van der Waals surface area contributed by atoms with Gasteiger partial charge in [0.25, 0.3) is 0 Å². The van der Waals surface area contributed by atoms with Gasteiger partial charge in [-0.2, -0.15) is 19.6 Å². The number of pyridine rings is 1. The van der Waals surface area contributed by atoms with Crippen molar-refractivity contribution in [2.24, 2.45) is 0 Å². The first kappa shape index (κ1) is 14.7. The summed E-state index contributed by atoms with van der Waals surface area (Å²) < 4.78 is 0. The van der Waals surface area contributed by atoms with Gasteiger partial charge in [0.15, 0.2) is 6.29 Å². The topological polar surface area (TPSA) is 30.0 Å². The largest absolute Gasteiger partial charge is 0.298 e. The Labute approximate surface area is 111 Å². The Morgan fingerprint density at radius 3 is 2.28 bits per heavy atom. The third-order valence-corrected chi connectivity index (χ3v) is 3.25. The molecule has 1 aromatic heterocycles. The molecule has 0 bridgehead atoms. The molecule has 1 rings (SSSR count). The first-order valence-electron chi connectivity index (χ1n) is 6.13. The lowest BCUT2D eigenvalue weighted by molar-refractivity contribution is 0.112. The first-order valence-corrected chi connectivity index (χ1v) is 9.63. The van der Waals surface area contributed by atoms with Gasteiger partial charge in [0.2, 0.25) is 0 Å². The maximum absolute atomic E-state index is 11.0. The number of nitrogens with zero attached hydrogens (tertiary/aromatic N) is 1. The van der Waals surface area contributed by atoms with E-state index in [1.165, 1.54) is 0 Å². The number of aromatic nitrogens is 1. The van der Waals surface area contributed by atoms with E-state index in [0.717, 1.165) is 12.0 Å². The Balaban J connectivity index is 3.31. The van der Waals surface area contributed by atoms with Crippen molar-refractivity contribution in [3.63, 3.8) is 0 Å². The summed E-state index contributed by atoms with van der Waals surface area (Å²) in [6, 6.07) is 3.72. The average molecular weight is 259 g/mol. The van der Waals surface area contributed by atoms with Gasteiger partial charge in [0.05, 0.1) is 0 Å². The van der Waals surface area contributed by atoms with E-state index >= 15 is 0 Å². The Kier molecular flexibility index (Phi) is 4.13. The SMILES string of the molecule is CC(C)(C)c1ccc(C=O)c(C#C[Si-](C)(C)C)n1. The fraction of sp³-hybridized carbons (Fsp3) is 0.467. The van der Waals surface area contributed by atoms with Gasteiger partial charge in [-0.15, -0.1) is 0 Å². The molecule has 0 N–H and O–H groups in total. The maximum Gasteiger partial charge on any atom is 0.152 e. The third-order valence-electron chi connectivity index (χ3n) is 2.38. The molecule has 2 nitrogen and oxygen atoms in total. The fourth-order valence-corrected chi connectivity index (χ4v) is 1.82. The number of carbonyl (C=O) groups excluding carboxylic acids is 1. The van der Waals surface area contributed by atoms with Gasteiger partial charge in [-0.05, 0) is 12.1 Å². The molecule has 1 heterocycles. The van der Waals surface area contributed by atoms with E-state index in [0.29, 0.717) is 11.3 Å². The number of carbonyl (C=O) groups is 1. The van der Waals surface area contributed by atoms with E-state index in [1.54, 1.807) is 0 Å². The van der Waals surface area contributed by atoms with Crippen molar-refractivity contribution in [3.8, 4) is 11.5 Å². The molecule has 0 saturated carbocycles. The van der Waals surface area contributed by atoms with Crippen molar-refractivity contribution in [2.75, 3.05) is 0 Å². The van der Waals surface area contributed by atoms with Gasteiger partial charge in [-0.25, -0.2) is 4.98 Å². The standard InChI is InChI=1S/C15H21NOSi/c1-15(2,3)14-8-7-12(11-17)13(16-14)9-10-18(4,5)6/h7-8,11H,1-6H3/q-1. The zero-order chi connectivity index (χ0) is 14.0. The molecular weight excluding hydrogens is 238 g/mol. The molecule has 0 aliphatic rings. The average Bonchev–Trinajstić information content (AvgIpc) is 2.23. The lowest BCUT2D eigenvalue weighted by Gasteiger charge is -2.19. The van der Waals surface area contributed by atoms with Crippen LogP contribution in [-0.4, -0.2) is 19.3 Å². The molecule has 0 saturated heterocycles. The number of rotatable bonds is 1. The van der Waals surface area contributed by atoms with Crippen LogP contribution in [0.1, 0.15) is 42.5 Å². The summed E-state index contributed by atoms with van der Waals surface area (Å²) in [6.45, 7) is 12.8. The van der Waals surface area contributed by atoms with Crippen LogP contribution in [0.25, 0.3) is 0 Å². The van der Waals surface area contributed by atoms with Crippen LogP contribution in [0.2, 0.25) is 19.6 Å². The van der Waals surface area contributed by atoms with Crippen LogP contribution < -0.4 is 0 Å². The summed E-state index contributed by atoms with van der Waals surface area (Å²) in [5, 5.41) is 0. The third kappa shape index (κ3) is 4.12. The molecule has 18 heavy (non-hydrogen) atoms. The fourth-order valence-electron chi connectivity index (χ4n) is 1.33. The normalized spacial score (nSPS) is 11.7. The molecule has 0 fully saturated rings. The van der Waals surface area contributed by atoms with Crippen LogP contribution in [0.5, 0.6) is 0 Å². The molecule has 0 radical (unpaired) electrons. The van der Waals surface area contributed by atoms with Crippen molar-refractivity contribution >= 4 is 14.4 Å². The Bertz CT molecular complexity index is 510. The highest BCUT2D eigenvalue weighted by molar-refractivity contribution is 6.83. The lowest BCUT2D eigenvalue weighted by atomic mass is 9.91. The van der Waals surface area contributed by atoms with Gasteiger partial charge in [0.1, 0.15) is 5.69 Å². The van der Waals surface area contributed by atoms with Gasteiger partial charge in [-0.1, -0.05) is 34.8 Å². The summed E-state index contributed by atoms with van der Waals surface area (Å²) in [4.78, 5) is 15.6. The van der Waals surface area contributed by atoms with Crippen molar-refractivity contribution < 1.29 is 4.79 Å². The molecule has 0 aliphatic heterocycles. The molecular formula is C15H21NOSi-. The van der Waals surface area contributed by atoms with Crippen molar-refractivity contribution in [1.82, 2.24) is 4.98 Å². The van der Waals surface area contributed by atoms with Crippen LogP contribution in [-0.2, 0) is 5.41 Å². The highest BCUT2D eigenvalue weighted by atomic mass is 28.3. The molecule has 0 atom stereocenters. The summed E-state index contributed by atoms with van der Waals surface area (Å²) in [5.41, 5.74) is 5.38. The minimum absolute atomic E-state index is 0.0307. The second kappa shape index (κ2) is 5.07. The lowest BCUT2D eigenvalue weighted by Crippen LogP contribution is -2.17. The Hall–Kier alpha value is -1.40. The second-order valence-electron chi connectivity index (χ2n) is 6.50. The highest BCUT2D eigenvalue weighted by Crippen LogP contribution is 2.20. The minimum atomic E-state index is -1.46. The Morgan fingerprint density at radius 2 is 1.83 bits per heavy atom. The van der Waals surface area contributed by atoms with E-state index in [1.807, 2.05) is 12.1 Å². The van der Waals surface area contributed by atoms with Crippen LogP contribution in [0.3, 0.4) is 0 Å². The van der Waals surface area contributed by atoms with Crippen LogP contribution in [0.4, 0.5) is 0 Å². The molecule has 0 spiro atoms. The zero-order valence-electron chi connectivity index (χ0n) is 12.1. The second-order valence-corrected chi connectivity index (χ2v) is 11.3. The molecule has 0 aromatic carbocycles. The zero-order valence-corrected chi connectivity index (χ0v) is 13.1. The summed E-state index contributed by atoms with van der Waals surface area (Å²) >= 11 is 0. The van der Waals surface area contributed by atoms with Crippen LogP contribution >= 0.6 is 0 Å². The van der Waals surface area contributed by atoms with Crippen LogP contribution in [0.15, 0.2) is 12.1 Å². The Morgan fingerprint density at radius 1 is 1.22 bits per heavy atom. The maximum atomic E-state index is 11.0. The quantitative estimate of drug-likeness (QED) is 0.439. The molecule has 1 aromatic rings. The summed E-state index contributed by atoms with van der Waals surface area (Å²) in [5.74, 6) is 3.09. The van der Waals surface area contributed by atoms with Crippen molar-refractivity contribution in [2.45, 2.75) is 45.8 Å². The monoisotopic (exact) mass is 259 g/mol. The smallest absolute Gasteiger partial charge is 0.152 e. The van der Waals surface area contributed by atoms with Gasteiger partial charge in [0, 0.05) is 16.7 Å². The van der Waals surface area contributed by atoms with Crippen molar-refractivity contribution in [3.05, 3.63) is 29.1 Å². The van der Waals surface area contributed by atoms with E-state index in [4.69, 9.17) is 0 Å². The molecule has 0 aliphatic carbocycles. The number of hydrogen-bond acceptors (Lipinski definition) is 2. The molecule has 0 amide bonds. The van der Waals surface area contributed by atoms with Gasteiger partial charge < -0.3 is 0 Å². The van der Waals surface area contributed by atoms with Gasteiger partial charge >= 0.3 is 0 Å². The molecule has 97 valence electrons. The minimum Gasteiger partial charge on any atom is -0.298 e. The summed E-state index contributed by atoms with van der Waals surface area (Å²) in [6.07, 6.45) is 0.827. The summed E-state index contributed by atoms with van der Waals surface area (Å²) in [7, 11) is -1.46. The molecule has 0 unspecified atom stereocenters. The van der Waals surface area contributed by atoms with E-state index in [-0.39, 0.29) is 5.41 Å². The highest BCUT2D eigenvalue weighted by Gasteiger charge is 2.16. The van der Waals surface area contributed by atoms with Gasteiger partial charge in [-0.3, -0.25) is 10.3 Å².